The first-order valence-corrected chi connectivity index (χ1v) is 9.17. The SMILES string of the molecule is CN=C(NCC(=O)N1CCCc2ccccc21)N1CCOC(COC)C1.I. The van der Waals surface area contributed by atoms with Crippen LogP contribution < -0.4 is 10.2 Å². The summed E-state index contributed by atoms with van der Waals surface area (Å²) in [5.74, 6) is 0.799. The second-order valence-electron chi connectivity index (χ2n) is 6.57. The Hall–Kier alpha value is -1.39. The molecule has 1 aromatic carbocycles. The van der Waals surface area contributed by atoms with Crippen LogP contribution in [0.25, 0.3) is 0 Å². The van der Waals surface area contributed by atoms with Crippen molar-refractivity contribution >= 4 is 41.5 Å². The van der Waals surface area contributed by atoms with Crippen molar-refractivity contribution in [1.82, 2.24) is 10.2 Å². The molecule has 1 N–H and O–H groups in total. The van der Waals surface area contributed by atoms with Crippen LogP contribution in [0.5, 0.6) is 0 Å². The predicted molar refractivity (Wildman–Crippen MR) is 117 cm³/mol. The van der Waals surface area contributed by atoms with Crippen molar-refractivity contribution in [3.8, 4) is 0 Å². The normalized spacial score (nSPS) is 19.9. The molecule has 1 unspecified atom stereocenters. The minimum Gasteiger partial charge on any atom is -0.382 e. The number of ether oxygens (including phenoxy) is 2. The molecule has 1 saturated heterocycles. The van der Waals surface area contributed by atoms with Crippen LogP contribution in [0.3, 0.4) is 0 Å². The van der Waals surface area contributed by atoms with Crippen LogP contribution in [0.1, 0.15) is 12.0 Å². The number of para-hydroxylation sites is 1. The number of methoxy groups -OCH3 is 1. The number of aliphatic imine (C=N–C) groups is 1. The van der Waals surface area contributed by atoms with Crippen LogP contribution in [0.15, 0.2) is 29.3 Å². The van der Waals surface area contributed by atoms with Gasteiger partial charge in [0.25, 0.3) is 0 Å². The van der Waals surface area contributed by atoms with Gasteiger partial charge in [0.15, 0.2) is 5.96 Å². The summed E-state index contributed by atoms with van der Waals surface area (Å²) < 4.78 is 10.9. The minimum atomic E-state index is 0. The standard InChI is InChI=1S/C19H28N4O3.HI/c1-20-19(22-10-11-26-16(13-22)14-25-2)21-12-18(24)23-9-5-7-15-6-3-4-8-17(15)23;/h3-4,6,8,16H,5,7,9-14H2,1-2H3,(H,20,21);1H. The lowest BCUT2D eigenvalue weighted by atomic mass is 10.0. The third-order valence-electron chi connectivity index (χ3n) is 4.81. The molecule has 1 atom stereocenters. The van der Waals surface area contributed by atoms with Crippen LogP contribution in [-0.4, -0.2) is 76.4 Å². The van der Waals surface area contributed by atoms with Crippen molar-refractivity contribution in [3.63, 3.8) is 0 Å². The number of anilines is 1. The van der Waals surface area contributed by atoms with Crippen molar-refractivity contribution in [3.05, 3.63) is 29.8 Å². The molecule has 3 rings (SSSR count). The van der Waals surface area contributed by atoms with E-state index in [4.69, 9.17) is 9.47 Å². The average Bonchev–Trinajstić information content (AvgIpc) is 2.68. The lowest BCUT2D eigenvalue weighted by Gasteiger charge is -2.35. The highest BCUT2D eigenvalue weighted by Crippen LogP contribution is 2.26. The molecule has 1 fully saturated rings. The Bertz CT molecular complexity index is 654. The van der Waals surface area contributed by atoms with E-state index < -0.39 is 0 Å². The molecule has 1 amide bonds. The number of guanidine groups is 1. The van der Waals surface area contributed by atoms with E-state index in [0.29, 0.717) is 19.8 Å². The number of hydrogen-bond acceptors (Lipinski definition) is 4. The molecule has 0 aromatic heterocycles. The molecular formula is C19H29IN4O3. The first-order valence-electron chi connectivity index (χ1n) is 9.17. The second kappa shape index (κ2) is 10.8. The van der Waals surface area contributed by atoms with E-state index >= 15 is 0 Å². The maximum Gasteiger partial charge on any atom is 0.246 e. The number of amides is 1. The van der Waals surface area contributed by atoms with Crippen molar-refractivity contribution in [2.45, 2.75) is 18.9 Å². The fraction of sp³-hybridized carbons (Fsp3) is 0.579. The summed E-state index contributed by atoms with van der Waals surface area (Å²) in [7, 11) is 3.41. The van der Waals surface area contributed by atoms with E-state index in [-0.39, 0.29) is 42.5 Å². The molecule has 0 radical (unpaired) electrons. The van der Waals surface area contributed by atoms with Gasteiger partial charge in [-0.1, -0.05) is 18.2 Å². The van der Waals surface area contributed by atoms with Crippen molar-refractivity contribution in [1.29, 1.82) is 0 Å². The summed E-state index contributed by atoms with van der Waals surface area (Å²) in [6, 6.07) is 8.14. The third-order valence-corrected chi connectivity index (χ3v) is 4.81. The number of benzene rings is 1. The van der Waals surface area contributed by atoms with Gasteiger partial charge in [0.05, 0.1) is 25.9 Å². The number of fused-ring (bicyclic) bond motifs is 1. The van der Waals surface area contributed by atoms with E-state index in [1.165, 1.54) is 5.56 Å². The Morgan fingerprint density at radius 1 is 1.37 bits per heavy atom. The molecule has 2 heterocycles. The Kier molecular flexibility index (Phi) is 8.78. The van der Waals surface area contributed by atoms with Gasteiger partial charge in [-0.25, -0.2) is 0 Å². The molecule has 2 aliphatic rings. The molecule has 27 heavy (non-hydrogen) atoms. The van der Waals surface area contributed by atoms with Crippen molar-refractivity contribution in [2.24, 2.45) is 4.99 Å². The van der Waals surface area contributed by atoms with Gasteiger partial charge < -0.3 is 24.6 Å². The molecule has 2 aliphatic heterocycles. The Balaban J connectivity index is 0.00000261. The van der Waals surface area contributed by atoms with Crippen LogP contribution >= 0.6 is 24.0 Å². The lowest BCUT2D eigenvalue weighted by molar-refractivity contribution is -0.117. The van der Waals surface area contributed by atoms with Crippen molar-refractivity contribution < 1.29 is 14.3 Å². The molecule has 0 saturated carbocycles. The number of hydrogen-bond donors (Lipinski definition) is 1. The largest absolute Gasteiger partial charge is 0.382 e. The van der Waals surface area contributed by atoms with Crippen LogP contribution in [-0.2, 0) is 20.7 Å². The fourth-order valence-corrected chi connectivity index (χ4v) is 3.57. The van der Waals surface area contributed by atoms with E-state index in [0.717, 1.165) is 37.6 Å². The molecule has 7 nitrogen and oxygen atoms in total. The number of carbonyl (C=O) groups excluding carboxylic acids is 1. The van der Waals surface area contributed by atoms with E-state index in [9.17, 15) is 4.79 Å². The van der Waals surface area contributed by atoms with Gasteiger partial charge in [0.1, 0.15) is 0 Å². The van der Waals surface area contributed by atoms with Crippen LogP contribution in [0, 0.1) is 0 Å². The first kappa shape index (κ1) is 21.9. The molecule has 1 aromatic rings. The summed E-state index contributed by atoms with van der Waals surface area (Å²) in [6.07, 6.45) is 2.06. The van der Waals surface area contributed by atoms with Gasteiger partial charge in [-0.3, -0.25) is 9.79 Å². The topological polar surface area (TPSA) is 66.4 Å². The average molecular weight is 488 g/mol. The summed E-state index contributed by atoms with van der Waals surface area (Å²) in [5, 5.41) is 3.22. The molecule has 0 bridgehead atoms. The lowest BCUT2D eigenvalue weighted by Crippen LogP contribution is -2.53. The van der Waals surface area contributed by atoms with E-state index in [1.807, 2.05) is 23.1 Å². The number of halogens is 1. The zero-order valence-corrected chi connectivity index (χ0v) is 18.3. The smallest absolute Gasteiger partial charge is 0.246 e. The van der Waals surface area contributed by atoms with E-state index in [2.05, 4.69) is 21.3 Å². The zero-order valence-electron chi connectivity index (χ0n) is 16.0. The van der Waals surface area contributed by atoms with Gasteiger partial charge >= 0.3 is 0 Å². The number of rotatable bonds is 4. The minimum absolute atomic E-state index is 0. The Morgan fingerprint density at radius 3 is 2.96 bits per heavy atom. The van der Waals surface area contributed by atoms with Gasteiger partial charge in [-0.2, -0.15) is 0 Å². The quantitative estimate of drug-likeness (QED) is 0.396. The highest BCUT2D eigenvalue weighted by molar-refractivity contribution is 14.0. The van der Waals surface area contributed by atoms with Crippen LogP contribution in [0.4, 0.5) is 5.69 Å². The number of carbonyl (C=O) groups is 1. The molecule has 150 valence electrons. The second-order valence-corrected chi connectivity index (χ2v) is 6.57. The number of nitrogens with one attached hydrogen (secondary N) is 1. The molecular weight excluding hydrogens is 459 g/mol. The van der Waals surface area contributed by atoms with E-state index in [1.54, 1.807) is 14.2 Å². The summed E-state index contributed by atoms with van der Waals surface area (Å²) >= 11 is 0. The van der Waals surface area contributed by atoms with Gasteiger partial charge in [-0.05, 0) is 24.5 Å². The highest BCUT2D eigenvalue weighted by Gasteiger charge is 2.25. The Morgan fingerprint density at radius 2 is 2.19 bits per heavy atom. The van der Waals surface area contributed by atoms with Gasteiger partial charge in [0, 0.05) is 39.5 Å². The molecule has 0 spiro atoms. The predicted octanol–water partition coefficient (Wildman–Crippen LogP) is 1.51. The third kappa shape index (κ3) is 5.55. The number of aryl methyl sites for hydroxylation is 1. The van der Waals surface area contributed by atoms with Gasteiger partial charge in [0.2, 0.25) is 5.91 Å². The summed E-state index contributed by atoms with van der Waals surface area (Å²) in [4.78, 5) is 21.1. The summed E-state index contributed by atoms with van der Waals surface area (Å²) in [5.41, 5.74) is 2.28. The van der Waals surface area contributed by atoms with Crippen molar-refractivity contribution in [2.75, 3.05) is 58.5 Å². The number of nitrogens with zero attached hydrogens (tertiary/aromatic N) is 3. The highest BCUT2D eigenvalue weighted by atomic mass is 127. The van der Waals surface area contributed by atoms with Gasteiger partial charge in [-0.15, -0.1) is 24.0 Å². The Labute approximate surface area is 178 Å². The summed E-state index contributed by atoms with van der Waals surface area (Å²) in [6.45, 7) is 3.63. The molecule has 0 aliphatic carbocycles. The maximum absolute atomic E-state index is 12.8. The molecule has 8 heteroatoms. The fourth-order valence-electron chi connectivity index (χ4n) is 3.57. The first-order chi connectivity index (χ1) is 12.7. The maximum atomic E-state index is 12.8. The monoisotopic (exact) mass is 488 g/mol. The zero-order chi connectivity index (χ0) is 18.4. The van der Waals surface area contributed by atoms with Crippen LogP contribution in [0.2, 0.25) is 0 Å². The number of morpholine rings is 1.